The first kappa shape index (κ1) is 27.9. The van der Waals surface area contributed by atoms with Gasteiger partial charge in [-0.25, -0.2) is 4.79 Å². The Labute approximate surface area is 228 Å². The van der Waals surface area contributed by atoms with Crippen LogP contribution in [0.5, 0.6) is 5.75 Å². The molecule has 8 heteroatoms. The van der Waals surface area contributed by atoms with Crippen molar-refractivity contribution in [3.05, 3.63) is 102 Å². The van der Waals surface area contributed by atoms with Crippen LogP contribution in [0.1, 0.15) is 29.5 Å². The van der Waals surface area contributed by atoms with Crippen LogP contribution < -0.4 is 11.1 Å². The molecule has 0 aliphatic carbocycles. The molecule has 1 saturated heterocycles. The fourth-order valence-electron chi connectivity index (χ4n) is 4.31. The smallest absolute Gasteiger partial charge is 0.329 e. The fraction of sp³-hybridized carbons (Fsp3) is 0.290. The van der Waals surface area contributed by atoms with Gasteiger partial charge in [0.25, 0.3) is 0 Å². The third kappa shape index (κ3) is 8.43. The van der Waals surface area contributed by atoms with Crippen molar-refractivity contribution >= 4 is 22.8 Å². The largest absolute Gasteiger partial charge is 0.508 e. The number of phenolic OH excluding ortho intramolecular Hbond substituents is 1. The predicted octanol–water partition coefficient (Wildman–Crippen LogP) is 4.01. The van der Waals surface area contributed by atoms with E-state index in [2.05, 4.69) is 10.3 Å². The number of phenols is 1. The number of ether oxygens (including phenoxy) is 2. The van der Waals surface area contributed by atoms with Gasteiger partial charge in [0, 0.05) is 36.7 Å². The number of aromatic nitrogens is 1. The first-order valence-corrected chi connectivity index (χ1v) is 13.2. The number of aromatic amines is 1. The van der Waals surface area contributed by atoms with Crippen molar-refractivity contribution in [1.82, 2.24) is 10.3 Å². The number of rotatable bonds is 9. The quantitative estimate of drug-likeness (QED) is 0.243. The number of nitrogens with two attached hydrogens (primary N) is 1. The van der Waals surface area contributed by atoms with Crippen LogP contribution in [0.15, 0.2) is 85.1 Å². The van der Waals surface area contributed by atoms with E-state index in [0.29, 0.717) is 0 Å². The lowest BCUT2D eigenvalue weighted by Gasteiger charge is -2.20. The van der Waals surface area contributed by atoms with Crippen LogP contribution in [-0.4, -0.2) is 47.3 Å². The molecule has 4 aromatic rings. The number of benzene rings is 3. The summed E-state index contributed by atoms with van der Waals surface area (Å²) < 4.78 is 10.5. The minimum atomic E-state index is -0.902. The Hall–Kier alpha value is -4.14. The summed E-state index contributed by atoms with van der Waals surface area (Å²) >= 11 is 0. The van der Waals surface area contributed by atoms with Crippen molar-refractivity contribution < 1.29 is 24.2 Å². The molecule has 1 aliphatic heterocycles. The number of aromatic hydroxyl groups is 1. The number of fused-ring (bicyclic) bond motifs is 1. The minimum absolute atomic E-state index is 0.111. The maximum Gasteiger partial charge on any atom is 0.329 e. The molecule has 2 atom stereocenters. The van der Waals surface area contributed by atoms with Crippen LogP contribution in [0.3, 0.4) is 0 Å². The Morgan fingerprint density at radius 1 is 0.923 bits per heavy atom. The standard InChI is InChI=1S/C27H27N3O4.C4H8O/c28-23(14-18-10-12-21(31)13-11-18)26(32)30-25(27(33)34-17-19-6-2-1-3-7-19)15-20-16-29-24-9-5-4-8-22(20)24;1-2-4-5-3-1/h1-13,16,23,25,29,31H,14-15,17,28H2,(H,30,32);1-4H2. The van der Waals surface area contributed by atoms with Crippen molar-refractivity contribution in [1.29, 1.82) is 0 Å². The molecule has 204 valence electrons. The van der Waals surface area contributed by atoms with E-state index in [-0.39, 0.29) is 25.2 Å². The average molecular weight is 530 g/mol. The number of hydrogen-bond donors (Lipinski definition) is 4. The van der Waals surface area contributed by atoms with Crippen LogP contribution in [0, 0.1) is 0 Å². The molecular formula is C31H35N3O5. The van der Waals surface area contributed by atoms with Gasteiger partial charge < -0.3 is 30.6 Å². The monoisotopic (exact) mass is 529 g/mol. The van der Waals surface area contributed by atoms with Gasteiger partial charge in [0.15, 0.2) is 0 Å². The highest BCUT2D eigenvalue weighted by Crippen LogP contribution is 2.20. The molecule has 1 aromatic heterocycles. The predicted molar refractivity (Wildman–Crippen MR) is 150 cm³/mol. The summed E-state index contributed by atoms with van der Waals surface area (Å²) in [6, 6.07) is 21.9. The fourth-order valence-corrected chi connectivity index (χ4v) is 4.31. The van der Waals surface area contributed by atoms with E-state index in [4.69, 9.17) is 15.2 Å². The molecular weight excluding hydrogens is 494 g/mol. The summed E-state index contributed by atoms with van der Waals surface area (Å²) in [6.45, 7) is 2.11. The molecule has 5 rings (SSSR count). The number of carbonyl (C=O) groups is 2. The summed E-state index contributed by atoms with van der Waals surface area (Å²) in [7, 11) is 0. The molecule has 0 saturated carbocycles. The van der Waals surface area contributed by atoms with E-state index in [1.807, 2.05) is 60.8 Å². The van der Waals surface area contributed by atoms with Crippen LogP contribution in [-0.2, 0) is 38.5 Å². The van der Waals surface area contributed by atoms with Gasteiger partial charge in [-0.05, 0) is 54.2 Å². The van der Waals surface area contributed by atoms with Gasteiger partial charge in [0.05, 0.1) is 6.04 Å². The Kier molecular flexibility index (Phi) is 10.1. The summed E-state index contributed by atoms with van der Waals surface area (Å²) in [5.74, 6) is -0.837. The Morgan fingerprint density at radius 2 is 1.62 bits per heavy atom. The number of amides is 1. The second kappa shape index (κ2) is 14.1. The van der Waals surface area contributed by atoms with Gasteiger partial charge in [-0.3, -0.25) is 4.79 Å². The number of para-hydroxylation sites is 1. The maximum absolute atomic E-state index is 13.0. The van der Waals surface area contributed by atoms with E-state index < -0.39 is 24.0 Å². The Bertz CT molecular complexity index is 1330. The van der Waals surface area contributed by atoms with Gasteiger partial charge in [0.2, 0.25) is 5.91 Å². The Morgan fingerprint density at radius 3 is 2.31 bits per heavy atom. The lowest BCUT2D eigenvalue weighted by Crippen LogP contribution is -2.50. The van der Waals surface area contributed by atoms with E-state index in [9.17, 15) is 14.7 Å². The number of carbonyl (C=O) groups excluding carboxylic acids is 2. The molecule has 0 bridgehead atoms. The van der Waals surface area contributed by atoms with Crippen LogP contribution in [0.2, 0.25) is 0 Å². The highest BCUT2D eigenvalue weighted by atomic mass is 16.5. The van der Waals surface area contributed by atoms with Crippen molar-refractivity contribution in [3.8, 4) is 5.75 Å². The summed E-state index contributed by atoms with van der Waals surface area (Å²) in [6.07, 6.45) is 4.92. The number of nitrogens with one attached hydrogen (secondary N) is 2. The molecule has 1 aliphatic rings. The van der Waals surface area contributed by atoms with E-state index in [0.717, 1.165) is 40.8 Å². The third-order valence-corrected chi connectivity index (χ3v) is 6.48. The average Bonchev–Trinajstić information content (AvgIpc) is 3.67. The van der Waals surface area contributed by atoms with Crippen molar-refractivity contribution in [2.75, 3.05) is 13.2 Å². The normalized spacial score (nSPS) is 14.2. The lowest BCUT2D eigenvalue weighted by atomic mass is 10.0. The number of H-pyrrole nitrogens is 1. The summed E-state index contributed by atoms with van der Waals surface area (Å²) in [4.78, 5) is 29.1. The lowest BCUT2D eigenvalue weighted by molar-refractivity contribution is -0.149. The molecule has 0 radical (unpaired) electrons. The Balaban J connectivity index is 0.000000634. The van der Waals surface area contributed by atoms with Gasteiger partial charge in [0.1, 0.15) is 18.4 Å². The van der Waals surface area contributed by atoms with Crippen LogP contribution >= 0.6 is 0 Å². The number of hydrogen-bond acceptors (Lipinski definition) is 6. The zero-order valence-corrected chi connectivity index (χ0v) is 21.8. The molecule has 3 aromatic carbocycles. The maximum atomic E-state index is 13.0. The van der Waals surface area contributed by atoms with E-state index >= 15 is 0 Å². The second-order valence-electron chi connectivity index (χ2n) is 9.51. The SMILES string of the molecule is C1CCOC1.NC(Cc1ccc(O)cc1)C(=O)NC(Cc1c[nH]c2ccccc12)C(=O)OCc1ccccc1. The zero-order valence-electron chi connectivity index (χ0n) is 21.8. The van der Waals surface area contributed by atoms with Gasteiger partial charge in [-0.2, -0.15) is 0 Å². The van der Waals surface area contributed by atoms with E-state index in [1.54, 1.807) is 24.3 Å². The van der Waals surface area contributed by atoms with Crippen molar-refractivity contribution in [3.63, 3.8) is 0 Å². The molecule has 2 heterocycles. The first-order valence-electron chi connectivity index (χ1n) is 13.2. The highest BCUT2D eigenvalue weighted by Gasteiger charge is 2.26. The van der Waals surface area contributed by atoms with Gasteiger partial charge in [-0.1, -0.05) is 60.7 Å². The van der Waals surface area contributed by atoms with E-state index in [1.165, 1.54) is 12.8 Å². The molecule has 0 spiro atoms. The summed E-state index contributed by atoms with van der Waals surface area (Å²) in [5.41, 5.74) is 9.64. The van der Waals surface area contributed by atoms with Crippen LogP contribution in [0.4, 0.5) is 0 Å². The molecule has 1 amide bonds. The molecule has 39 heavy (non-hydrogen) atoms. The zero-order chi connectivity index (χ0) is 27.5. The third-order valence-electron chi connectivity index (χ3n) is 6.48. The summed E-state index contributed by atoms with van der Waals surface area (Å²) in [5, 5.41) is 13.2. The topological polar surface area (TPSA) is 127 Å². The first-order chi connectivity index (χ1) is 19.0. The molecule has 5 N–H and O–H groups in total. The highest BCUT2D eigenvalue weighted by molar-refractivity contribution is 5.89. The molecule has 8 nitrogen and oxygen atoms in total. The molecule has 2 unspecified atom stereocenters. The second-order valence-corrected chi connectivity index (χ2v) is 9.51. The number of esters is 1. The molecule has 1 fully saturated rings. The minimum Gasteiger partial charge on any atom is -0.508 e. The van der Waals surface area contributed by atoms with Crippen molar-refractivity contribution in [2.45, 2.75) is 44.4 Å². The van der Waals surface area contributed by atoms with Crippen molar-refractivity contribution in [2.24, 2.45) is 5.73 Å². The van der Waals surface area contributed by atoms with Gasteiger partial charge >= 0.3 is 5.97 Å². The van der Waals surface area contributed by atoms with Crippen LogP contribution in [0.25, 0.3) is 10.9 Å². The van der Waals surface area contributed by atoms with Gasteiger partial charge in [-0.15, -0.1) is 0 Å².